The Bertz CT molecular complexity index is 459. The minimum absolute atomic E-state index is 0.00450. The Labute approximate surface area is 125 Å². The van der Waals surface area contributed by atoms with Crippen molar-refractivity contribution in [1.82, 2.24) is 9.21 Å². The van der Waals surface area contributed by atoms with E-state index in [0.717, 1.165) is 25.5 Å². The average molecular weight is 320 g/mol. The lowest BCUT2D eigenvalue weighted by Gasteiger charge is -2.34. The lowest BCUT2D eigenvalue weighted by atomic mass is 10.1. The normalized spacial score (nSPS) is 25.4. The quantitative estimate of drug-likeness (QED) is 0.732. The van der Waals surface area contributed by atoms with Crippen molar-refractivity contribution in [2.45, 2.75) is 37.8 Å². The van der Waals surface area contributed by atoms with E-state index in [1.54, 1.807) is 4.90 Å². The molecule has 0 saturated carbocycles. The smallest absolute Gasteiger partial charge is 0.241 e. The molecule has 2 aliphatic rings. The maximum Gasteiger partial charge on any atom is 0.241 e. The summed E-state index contributed by atoms with van der Waals surface area (Å²) in [6.45, 7) is 1.94. The number of aliphatic hydroxyl groups is 1. The zero-order valence-corrected chi connectivity index (χ0v) is 13.2. The van der Waals surface area contributed by atoms with Crippen LogP contribution in [-0.2, 0) is 19.6 Å². The van der Waals surface area contributed by atoms with Gasteiger partial charge in [0.25, 0.3) is 0 Å². The zero-order chi connectivity index (χ0) is 15.5. The molecule has 0 aromatic heterocycles. The van der Waals surface area contributed by atoms with Crippen molar-refractivity contribution in [2.75, 3.05) is 39.1 Å². The maximum atomic E-state index is 12.5. The van der Waals surface area contributed by atoms with E-state index in [-0.39, 0.29) is 18.6 Å². The molecule has 0 aliphatic carbocycles. The molecule has 21 heavy (non-hydrogen) atoms. The third kappa shape index (κ3) is 4.15. The first kappa shape index (κ1) is 16.7. The molecule has 0 spiro atoms. The lowest BCUT2D eigenvalue weighted by Crippen LogP contribution is -2.50. The van der Waals surface area contributed by atoms with Crippen LogP contribution < -0.4 is 0 Å². The van der Waals surface area contributed by atoms with Gasteiger partial charge >= 0.3 is 0 Å². The predicted octanol–water partition coefficient (Wildman–Crippen LogP) is -0.590. The topological polar surface area (TPSA) is 87.2 Å². The Morgan fingerprint density at radius 1 is 1.24 bits per heavy atom. The fourth-order valence-corrected chi connectivity index (χ4v) is 4.18. The van der Waals surface area contributed by atoms with Crippen LogP contribution in [-0.4, -0.2) is 79.9 Å². The molecule has 1 amide bonds. The molecule has 1 N–H and O–H groups in total. The number of likely N-dealkylation sites (tertiary alicyclic amines) is 1. The number of amides is 1. The highest BCUT2D eigenvalue weighted by Crippen LogP contribution is 2.24. The Hall–Kier alpha value is -0.700. The summed E-state index contributed by atoms with van der Waals surface area (Å²) >= 11 is 0. The molecule has 0 aromatic rings. The van der Waals surface area contributed by atoms with Crippen molar-refractivity contribution in [2.24, 2.45) is 0 Å². The monoisotopic (exact) mass is 320 g/mol. The highest BCUT2D eigenvalue weighted by Gasteiger charge is 2.39. The van der Waals surface area contributed by atoms with Crippen LogP contribution in [0.5, 0.6) is 0 Å². The minimum Gasteiger partial charge on any atom is -0.394 e. The molecule has 1 atom stereocenters. The minimum atomic E-state index is -3.32. The van der Waals surface area contributed by atoms with Gasteiger partial charge in [0.15, 0.2) is 0 Å². The zero-order valence-electron chi connectivity index (χ0n) is 12.4. The van der Waals surface area contributed by atoms with E-state index in [2.05, 4.69) is 0 Å². The molecule has 0 aromatic carbocycles. The highest BCUT2D eigenvalue weighted by atomic mass is 32.2. The Kier molecular flexibility index (Phi) is 5.59. The number of carbonyl (C=O) groups excluding carboxylic acids is 1. The fourth-order valence-electron chi connectivity index (χ4n) is 3.06. The summed E-state index contributed by atoms with van der Waals surface area (Å²) in [6.07, 6.45) is 4.05. The number of aliphatic hydroxyl groups excluding tert-OH is 1. The molecular weight excluding hydrogens is 296 g/mol. The first-order chi connectivity index (χ1) is 9.93. The van der Waals surface area contributed by atoms with Crippen LogP contribution in [0.3, 0.4) is 0 Å². The van der Waals surface area contributed by atoms with Crippen molar-refractivity contribution in [3.05, 3.63) is 0 Å². The standard InChI is InChI=1S/C13H24N2O5S/c1-21(18,19)15-6-2-3-12(15)13(17)14-7-4-11(5-8-14)20-10-9-16/h11-12,16H,2-10H2,1H3. The van der Waals surface area contributed by atoms with E-state index in [1.807, 2.05) is 0 Å². The first-order valence-corrected chi connectivity index (χ1v) is 9.26. The molecule has 2 aliphatic heterocycles. The van der Waals surface area contributed by atoms with Crippen LogP contribution in [0.2, 0.25) is 0 Å². The Morgan fingerprint density at radius 3 is 2.48 bits per heavy atom. The SMILES string of the molecule is CS(=O)(=O)N1CCCC1C(=O)N1CCC(OCCO)CC1. The summed E-state index contributed by atoms with van der Waals surface area (Å²) in [6, 6.07) is -0.532. The fraction of sp³-hybridized carbons (Fsp3) is 0.923. The van der Waals surface area contributed by atoms with E-state index in [4.69, 9.17) is 9.84 Å². The van der Waals surface area contributed by atoms with Gasteiger partial charge in [-0.3, -0.25) is 4.79 Å². The van der Waals surface area contributed by atoms with E-state index < -0.39 is 16.1 Å². The second-order valence-electron chi connectivity index (χ2n) is 5.65. The molecule has 0 radical (unpaired) electrons. The van der Waals surface area contributed by atoms with Gasteiger partial charge in [0, 0.05) is 19.6 Å². The molecule has 0 bridgehead atoms. The molecule has 1 unspecified atom stereocenters. The van der Waals surface area contributed by atoms with Gasteiger partial charge in [-0.05, 0) is 25.7 Å². The molecule has 2 saturated heterocycles. The third-order valence-corrected chi connectivity index (χ3v) is 5.40. The number of piperidine rings is 1. The number of carbonyl (C=O) groups is 1. The highest BCUT2D eigenvalue weighted by molar-refractivity contribution is 7.88. The molecule has 2 fully saturated rings. The van der Waals surface area contributed by atoms with Gasteiger partial charge in [-0.1, -0.05) is 0 Å². The van der Waals surface area contributed by atoms with Gasteiger partial charge in [-0.2, -0.15) is 4.31 Å². The van der Waals surface area contributed by atoms with E-state index in [1.165, 1.54) is 4.31 Å². The van der Waals surface area contributed by atoms with E-state index >= 15 is 0 Å². The first-order valence-electron chi connectivity index (χ1n) is 7.41. The van der Waals surface area contributed by atoms with Crippen LogP contribution in [0.25, 0.3) is 0 Å². The van der Waals surface area contributed by atoms with Gasteiger partial charge in [0.1, 0.15) is 6.04 Å². The second kappa shape index (κ2) is 7.04. The largest absolute Gasteiger partial charge is 0.394 e. The summed E-state index contributed by atoms with van der Waals surface area (Å²) in [7, 11) is -3.32. The van der Waals surface area contributed by atoms with Crippen LogP contribution in [0, 0.1) is 0 Å². The molecular formula is C13H24N2O5S. The van der Waals surface area contributed by atoms with Crippen LogP contribution in [0.1, 0.15) is 25.7 Å². The summed E-state index contributed by atoms with van der Waals surface area (Å²) < 4.78 is 30.2. The summed E-state index contributed by atoms with van der Waals surface area (Å²) in [5.41, 5.74) is 0. The van der Waals surface area contributed by atoms with E-state index in [0.29, 0.717) is 32.7 Å². The maximum absolute atomic E-state index is 12.5. The van der Waals surface area contributed by atoms with E-state index in [9.17, 15) is 13.2 Å². The van der Waals surface area contributed by atoms with Crippen molar-refractivity contribution < 1.29 is 23.1 Å². The van der Waals surface area contributed by atoms with Gasteiger partial charge < -0.3 is 14.7 Å². The summed E-state index contributed by atoms with van der Waals surface area (Å²) in [5.74, 6) is -0.0847. The number of hydrogen-bond acceptors (Lipinski definition) is 5. The van der Waals surface area contributed by atoms with Crippen molar-refractivity contribution in [3.63, 3.8) is 0 Å². The van der Waals surface area contributed by atoms with Crippen LogP contribution in [0.4, 0.5) is 0 Å². The summed E-state index contributed by atoms with van der Waals surface area (Å²) in [5, 5.41) is 8.73. The third-order valence-electron chi connectivity index (χ3n) is 4.11. The van der Waals surface area contributed by atoms with Crippen LogP contribution in [0.15, 0.2) is 0 Å². The number of rotatable bonds is 5. The summed E-state index contributed by atoms with van der Waals surface area (Å²) in [4.78, 5) is 14.3. The molecule has 8 heteroatoms. The predicted molar refractivity (Wildman–Crippen MR) is 77.2 cm³/mol. The molecule has 2 rings (SSSR count). The number of hydrogen-bond donors (Lipinski definition) is 1. The molecule has 122 valence electrons. The van der Waals surface area contributed by atoms with Gasteiger partial charge in [-0.25, -0.2) is 8.42 Å². The van der Waals surface area contributed by atoms with Crippen molar-refractivity contribution >= 4 is 15.9 Å². The van der Waals surface area contributed by atoms with Gasteiger partial charge in [-0.15, -0.1) is 0 Å². The molecule has 2 heterocycles. The number of ether oxygens (including phenoxy) is 1. The van der Waals surface area contributed by atoms with Gasteiger partial charge in [0.2, 0.25) is 15.9 Å². The number of nitrogens with zero attached hydrogens (tertiary/aromatic N) is 2. The Morgan fingerprint density at radius 2 is 1.90 bits per heavy atom. The average Bonchev–Trinajstić information content (AvgIpc) is 2.94. The van der Waals surface area contributed by atoms with Crippen molar-refractivity contribution in [3.8, 4) is 0 Å². The van der Waals surface area contributed by atoms with Crippen molar-refractivity contribution in [1.29, 1.82) is 0 Å². The Balaban J connectivity index is 1.90. The lowest BCUT2D eigenvalue weighted by molar-refractivity contribution is -0.137. The number of sulfonamides is 1. The second-order valence-corrected chi connectivity index (χ2v) is 7.59. The molecule has 7 nitrogen and oxygen atoms in total. The van der Waals surface area contributed by atoms with Crippen LogP contribution >= 0.6 is 0 Å². The van der Waals surface area contributed by atoms with Gasteiger partial charge in [0.05, 0.1) is 25.6 Å².